The molecule has 1 aromatic carbocycles. The van der Waals surface area contributed by atoms with E-state index in [1.807, 2.05) is 12.1 Å². The first-order valence-corrected chi connectivity index (χ1v) is 6.42. The highest BCUT2D eigenvalue weighted by Crippen LogP contribution is 2.29. The normalized spacial score (nSPS) is 10.7. The van der Waals surface area contributed by atoms with Crippen LogP contribution in [0.15, 0.2) is 45.5 Å². The monoisotopic (exact) mass is 308 g/mol. The van der Waals surface area contributed by atoms with Crippen LogP contribution in [0, 0.1) is 0 Å². The Morgan fingerprint density at radius 2 is 2.11 bits per heavy atom. The quantitative estimate of drug-likeness (QED) is 0.624. The third-order valence-electron chi connectivity index (χ3n) is 2.55. The van der Waals surface area contributed by atoms with Gasteiger partial charge in [0.1, 0.15) is 5.75 Å². The molecular weight excluding hydrogens is 296 g/mol. The molecule has 1 aromatic heterocycles. The van der Waals surface area contributed by atoms with Gasteiger partial charge in [-0.25, -0.2) is 4.79 Å². The zero-order valence-electron chi connectivity index (χ0n) is 10.1. The van der Waals surface area contributed by atoms with Crippen LogP contribution in [0.4, 0.5) is 0 Å². The second-order valence-electron chi connectivity index (χ2n) is 4.21. The van der Waals surface area contributed by atoms with Crippen LogP contribution < -0.4 is 4.74 Å². The average Bonchev–Trinajstić information content (AvgIpc) is 2.85. The molecule has 94 valence electrons. The molecule has 0 unspecified atom stereocenters. The molecule has 0 saturated carbocycles. The van der Waals surface area contributed by atoms with Crippen LogP contribution in [0.5, 0.6) is 5.75 Å². The number of carbonyl (C=O) groups excluding carboxylic acids is 1. The Hall–Kier alpha value is -1.55. The molecule has 0 saturated heterocycles. The number of benzene rings is 1. The molecule has 0 bridgehead atoms. The Balaban J connectivity index is 2.17. The van der Waals surface area contributed by atoms with Crippen molar-refractivity contribution in [1.82, 2.24) is 0 Å². The van der Waals surface area contributed by atoms with Gasteiger partial charge >= 0.3 is 5.97 Å². The molecule has 0 amide bonds. The van der Waals surface area contributed by atoms with E-state index >= 15 is 0 Å². The lowest BCUT2D eigenvalue weighted by Gasteiger charge is -2.09. The van der Waals surface area contributed by atoms with E-state index in [2.05, 4.69) is 29.8 Å². The van der Waals surface area contributed by atoms with Crippen molar-refractivity contribution in [3.8, 4) is 5.75 Å². The van der Waals surface area contributed by atoms with Crippen LogP contribution in [-0.4, -0.2) is 5.97 Å². The molecule has 0 radical (unpaired) electrons. The maximum Gasteiger partial charge on any atom is 0.379 e. The number of halogens is 1. The summed E-state index contributed by atoms with van der Waals surface area (Å²) in [5.74, 6) is 0.602. The largest absolute Gasteiger partial charge is 0.457 e. The van der Waals surface area contributed by atoms with Gasteiger partial charge in [0.05, 0.1) is 10.7 Å². The molecule has 0 N–H and O–H groups in total. The highest BCUT2D eigenvalue weighted by molar-refractivity contribution is 9.10. The lowest BCUT2D eigenvalue weighted by Crippen LogP contribution is -2.07. The fourth-order valence-corrected chi connectivity index (χ4v) is 1.98. The number of ether oxygens (including phenoxy) is 1. The number of hydrogen-bond acceptors (Lipinski definition) is 3. The zero-order valence-corrected chi connectivity index (χ0v) is 11.7. The molecule has 0 aliphatic heterocycles. The van der Waals surface area contributed by atoms with E-state index in [0.29, 0.717) is 11.7 Å². The smallest absolute Gasteiger partial charge is 0.379 e. The minimum Gasteiger partial charge on any atom is -0.457 e. The van der Waals surface area contributed by atoms with E-state index in [4.69, 9.17) is 9.15 Å². The van der Waals surface area contributed by atoms with Gasteiger partial charge in [-0.15, -0.1) is 0 Å². The Bertz CT molecular complexity index is 544. The van der Waals surface area contributed by atoms with Gasteiger partial charge in [0.25, 0.3) is 0 Å². The van der Waals surface area contributed by atoms with Crippen molar-refractivity contribution in [3.63, 3.8) is 0 Å². The number of rotatable bonds is 3. The summed E-state index contributed by atoms with van der Waals surface area (Å²) in [6.45, 7) is 4.21. The molecule has 0 fully saturated rings. The zero-order chi connectivity index (χ0) is 13.1. The van der Waals surface area contributed by atoms with Gasteiger partial charge < -0.3 is 9.15 Å². The lowest BCUT2D eigenvalue weighted by molar-refractivity contribution is 0.0700. The van der Waals surface area contributed by atoms with E-state index in [0.717, 1.165) is 4.47 Å². The maximum atomic E-state index is 11.7. The Kier molecular flexibility index (Phi) is 3.87. The number of furan rings is 1. The molecule has 3 nitrogen and oxygen atoms in total. The van der Waals surface area contributed by atoms with Crippen molar-refractivity contribution >= 4 is 21.9 Å². The van der Waals surface area contributed by atoms with Gasteiger partial charge in [-0.3, -0.25) is 0 Å². The van der Waals surface area contributed by atoms with Crippen molar-refractivity contribution in [2.45, 2.75) is 19.8 Å². The Labute approximate surface area is 114 Å². The summed E-state index contributed by atoms with van der Waals surface area (Å²) in [7, 11) is 0. The van der Waals surface area contributed by atoms with Crippen LogP contribution in [-0.2, 0) is 0 Å². The average molecular weight is 309 g/mol. The first kappa shape index (κ1) is 12.9. The van der Waals surface area contributed by atoms with Crippen molar-refractivity contribution in [3.05, 3.63) is 52.4 Å². The maximum absolute atomic E-state index is 11.7. The van der Waals surface area contributed by atoms with Crippen LogP contribution in [0.25, 0.3) is 0 Å². The van der Waals surface area contributed by atoms with E-state index < -0.39 is 5.97 Å². The lowest BCUT2D eigenvalue weighted by atomic mass is 10.0. The summed E-state index contributed by atoms with van der Waals surface area (Å²) in [4.78, 5) is 11.7. The minimum atomic E-state index is -0.502. The first-order chi connectivity index (χ1) is 8.58. The molecule has 0 aliphatic carbocycles. The molecule has 4 heteroatoms. The molecule has 18 heavy (non-hydrogen) atoms. The van der Waals surface area contributed by atoms with Gasteiger partial charge in [0.15, 0.2) is 0 Å². The Morgan fingerprint density at radius 3 is 2.67 bits per heavy atom. The van der Waals surface area contributed by atoms with E-state index in [1.54, 1.807) is 18.2 Å². The van der Waals surface area contributed by atoms with Gasteiger partial charge in [-0.1, -0.05) is 19.9 Å². The number of carbonyl (C=O) groups is 1. The van der Waals surface area contributed by atoms with Crippen LogP contribution in [0.3, 0.4) is 0 Å². The molecule has 2 aromatic rings. The fourth-order valence-electron chi connectivity index (χ4n) is 1.50. The predicted molar refractivity (Wildman–Crippen MR) is 71.9 cm³/mol. The summed E-state index contributed by atoms with van der Waals surface area (Å²) >= 11 is 3.40. The van der Waals surface area contributed by atoms with Gasteiger partial charge in [-0.2, -0.15) is 0 Å². The van der Waals surface area contributed by atoms with Crippen molar-refractivity contribution in [2.24, 2.45) is 0 Å². The third-order valence-corrected chi connectivity index (χ3v) is 3.17. The van der Waals surface area contributed by atoms with E-state index in [-0.39, 0.29) is 5.76 Å². The van der Waals surface area contributed by atoms with Crippen LogP contribution >= 0.6 is 15.9 Å². The standard InChI is InChI=1S/C14H13BrO3/c1-9(2)10-5-6-12(11(15)8-10)18-14(16)13-4-3-7-17-13/h3-9H,1-2H3. The highest BCUT2D eigenvalue weighted by atomic mass is 79.9. The molecule has 0 atom stereocenters. The summed E-state index contributed by atoms with van der Waals surface area (Å²) in [6.07, 6.45) is 1.44. The molecular formula is C14H13BrO3. The number of esters is 1. The SMILES string of the molecule is CC(C)c1ccc(OC(=O)c2ccco2)c(Br)c1. The third kappa shape index (κ3) is 2.82. The van der Waals surface area contributed by atoms with Crippen molar-refractivity contribution in [1.29, 1.82) is 0 Å². The highest BCUT2D eigenvalue weighted by Gasteiger charge is 2.13. The van der Waals surface area contributed by atoms with Gasteiger partial charge in [0.2, 0.25) is 5.76 Å². The van der Waals surface area contributed by atoms with Crippen molar-refractivity contribution in [2.75, 3.05) is 0 Å². The minimum absolute atomic E-state index is 0.190. The van der Waals surface area contributed by atoms with Crippen LogP contribution in [0.1, 0.15) is 35.9 Å². The molecule has 0 spiro atoms. The summed E-state index contributed by atoms with van der Waals surface area (Å²) in [5, 5.41) is 0. The Morgan fingerprint density at radius 1 is 1.33 bits per heavy atom. The molecule has 1 heterocycles. The summed E-state index contributed by atoms with van der Waals surface area (Å²) in [6, 6.07) is 8.89. The first-order valence-electron chi connectivity index (χ1n) is 5.63. The van der Waals surface area contributed by atoms with Crippen LogP contribution in [0.2, 0.25) is 0 Å². The number of hydrogen-bond donors (Lipinski definition) is 0. The molecule has 2 rings (SSSR count). The predicted octanol–water partition coefficient (Wildman–Crippen LogP) is 4.38. The van der Waals surface area contributed by atoms with Gasteiger partial charge in [0, 0.05) is 0 Å². The summed E-state index contributed by atoms with van der Waals surface area (Å²) < 4.78 is 11.0. The van der Waals surface area contributed by atoms with Crippen molar-refractivity contribution < 1.29 is 13.9 Å². The molecule has 0 aliphatic rings. The van der Waals surface area contributed by atoms with E-state index in [9.17, 15) is 4.79 Å². The second kappa shape index (κ2) is 5.40. The second-order valence-corrected chi connectivity index (χ2v) is 5.07. The van der Waals surface area contributed by atoms with Gasteiger partial charge in [-0.05, 0) is 51.7 Å². The topological polar surface area (TPSA) is 39.4 Å². The summed E-state index contributed by atoms with van der Waals surface area (Å²) in [5.41, 5.74) is 1.18. The van der Waals surface area contributed by atoms with E-state index in [1.165, 1.54) is 11.8 Å². The fraction of sp³-hybridized carbons (Fsp3) is 0.214.